The molecule has 0 atom stereocenters. The molecule has 0 aliphatic rings. The SMILES string of the molecule is CC(C)(C)OC(=O)O/N=C(\N)c1ccc(-c2csc(=S)[nH]2)cc1. The van der Waals surface area contributed by atoms with Crippen LogP contribution in [0, 0.1) is 3.95 Å². The number of oxime groups is 1. The number of hydrogen-bond donors (Lipinski definition) is 2. The zero-order chi connectivity index (χ0) is 17.0. The van der Waals surface area contributed by atoms with Crippen molar-refractivity contribution in [1.29, 1.82) is 0 Å². The van der Waals surface area contributed by atoms with Gasteiger partial charge in [-0.1, -0.05) is 29.4 Å². The highest BCUT2D eigenvalue weighted by Crippen LogP contribution is 2.20. The lowest BCUT2D eigenvalue weighted by atomic mass is 10.1. The molecule has 0 fully saturated rings. The van der Waals surface area contributed by atoms with E-state index in [0.29, 0.717) is 5.56 Å². The number of benzene rings is 1. The highest BCUT2D eigenvalue weighted by Gasteiger charge is 2.17. The quantitative estimate of drug-likeness (QED) is 0.217. The summed E-state index contributed by atoms with van der Waals surface area (Å²) in [4.78, 5) is 19.1. The topological polar surface area (TPSA) is 89.7 Å². The maximum atomic E-state index is 11.4. The van der Waals surface area contributed by atoms with Gasteiger partial charge in [-0.15, -0.1) is 11.3 Å². The third kappa shape index (κ3) is 5.19. The number of nitrogens with zero attached hydrogens (tertiary/aromatic N) is 1. The summed E-state index contributed by atoms with van der Waals surface area (Å²) in [5.41, 5.74) is 7.69. The number of nitrogens with one attached hydrogen (secondary N) is 1. The van der Waals surface area contributed by atoms with Crippen LogP contribution in [-0.4, -0.2) is 22.6 Å². The first-order valence-corrected chi connectivity index (χ1v) is 8.05. The molecule has 0 unspecified atom stereocenters. The van der Waals surface area contributed by atoms with Gasteiger partial charge < -0.3 is 15.5 Å². The van der Waals surface area contributed by atoms with Crippen LogP contribution in [0.3, 0.4) is 0 Å². The van der Waals surface area contributed by atoms with E-state index in [1.165, 1.54) is 11.3 Å². The summed E-state index contributed by atoms with van der Waals surface area (Å²) in [5, 5.41) is 5.53. The number of carbonyl (C=O) groups excluding carboxylic acids is 1. The number of ether oxygens (including phenoxy) is 1. The van der Waals surface area contributed by atoms with Gasteiger partial charge in [-0.05, 0) is 38.6 Å². The van der Waals surface area contributed by atoms with E-state index >= 15 is 0 Å². The van der Waals surface area contributed by atoms with Crippen molar-refractivity contribution in [2.75, 3.05) is 0 Å². The lowest BCUT2D eigenvalue weighted by molar-refractivity contribution is -0.00623. The first kappa shape index (κ1) is 17.2. The number of carbonyl (C=O) groups is 1. The first-order chi connectivity index (χ1) is 10.7. The molecule has 0 aliphatic heterocycles. The van der Waals surface area contributed by atoms with Crippen molar-refractivity contribution < 1.29 is 14.4 Å². The van der Waals surface area contributed by atoms with Crippen LogP contribution in [0.2, 0.25) is 0 Å². The molecule has 0 spiro atoms. The summed E-state index contributed by atoms with van der Waals surface area (Å²) in [5.74, 6) is 0.0839. The van der Waals surface area contributed by atoms with Crippen molar-refractivity contribution in [3.05, 3.63) is 39.2 Å². The number of thiazole rings is 1. The fraction of sp³-hybridized carbons (Fsp3) is 0.267. The van der Waals surface area contributed by atoms with Gasteiger partial charge in [0.1, 0.15) is 5.60 Å². The average Bonchev–Trinajstić information content (AvgIpc) is 2.90. The van der Waals surface area contributed by atoms with Crippen molar-refractivity contribution in [1.82, 2.24) is 4.98 Å². The maximum absolute atomic E-state index is 11.4. The largest absolute Gasteiger partial charge is 0.535 e. The number of nitrogens with two attached hydrogens (primary N) is 1. The van der Waals surface area contributed by atoms with Crippen LogP contribution in [0.4, 0.5) is 4.79 Å². The van der Waals surface area contributed by atoms with E-state index in [9.17, 15) is 4.79 Å². The Morgan fingerprint density at radius 2 is 1.96 bits per heavy atom. The van der Waals surface area contributed by atoms with E-state index in [2.05, 4.69) is 15.0 Å². The van der Waals surface area contributed by atoms with Gasteiger partial charge in [-0.25, -0.2) is 4.79 Å². The predicted octanol–water partition coefficient (Wildman–Crippen LogP) is 4.04. The molecule has 0 amide bonds. The Hall–Kier alpha value is -2.19. The lowest BCUT2D eigenvalue weighted by Crippen LogP contribution is -2.24. The van der Waals surface area contributed by atoms with Crippen molar-refractivity contribution in [3.63, 3.8) is 0 Å². The summed E-state index contributed by atoms with van der Waals surface area (Å²) in [7, 11) is 0. The summed E-state index contributed by atoms with van der Waals surface area (Å²) < 4.78 is 5.69. The number of rotatable bonds is 3. The molecular formula is C15H17N3O3S2. The number of hydrogen-bond acceptors (Lipinski definition) is 6. The Labute approximate surface area is 142 Å². The van der Waals surface area contributed by atoms with E-state index < -0.39 is 11.8 Å². The second-order valence-corrected chi connectivity index (χ2v) is 7.22. The Bertz CT molecular complexity index is 770. The standard InChI is InChI=1S/C15H17N3O3S2/c1-15(2,3)20-14(19)21-18-12(16)10-6-4-9(5-7-10)11-8-23-13(22)17-11/h4-8H,1-3H3,(H2,16,18)(H,17,22). The first-order valence-electron chi connectivity index (χ1n) is 6.77. The van der Waals surface area contributed by atoms with E-state index in [4.69, 9.17) is 22.7 Å². The molecule has 0 bridgehead atoms. The highest BCUT2D eigenvalue weighted by atomic mass is 32.1. The van der Waals surface area contributed by atoms with Crippen LogP contribution in [0.1, 0.15) is 26.3 Å². The molecular weight excluding hydrogens is 334 g/mol. The normalized spacial score (nSPS) is 12.0. The Kier molecular flexibility index (Phi) is 5.17. The van der Waals surface area contributed by atoms with E-state index in [1.54, 1.807) is 32.9 Å². The third-order valence-electron chi connectivity index (χ3n) is 2.62. The zero-order valence-electron chi connectivity index (χ0n) is 13.0. The molecule has 6 nitrogen and oxygen atoms in total. The van der Waals surface area contributed by atoms with Crippen molar-refractivity contribution in [3.8, 4) is 11.3 Å². The van der Waals surface area contributed by atoms with Crippen LogP contribution < -0.4 is 5.73 Å². The van der Waals surface area contributed by atoms with Crippen molar-refractivity contribution in [2.24, 2.45) is 10.9 Å². The zero-order valence-corrected chi connectivity index (χ0v) is 14.6. The van der Waals surface area contributed by atoms with Crippen LogP contribution >= 0.6 is 23.6 Å². The monoisotopic (exact) mass is 351 g/mol. The molecule has 0 aliphatic carbocycles. The fourth-order valence-electron chi connectivity index (χ4n) is 1.65. The molecule has 0 saturated heterocycles. The van der Waals surface area contributed by atoms with Gasteiger partial charge in [0.25, 0.3) is 0 Å². The third-order valence-corrected chi connectivity index (χ3v) is 3.68. The van der Waals surface area contributed by atoms with Crippen LogP contribution in [0.25, 0.3) is 11.3 Å². The molecule has 8 heteroatoms. The molecule has 23 heavy (non-hydrogen) atoms. The van der Waals surface area contributed by atoms with Gasteiger partial charge in [0.2, 0.25) is 0 Å². The highest BCUT2D eigenvalue weighted by molar-refractivity contribution is 7.73. The molecule has 1 aromatic carbocycles. The van der Waals surface area contributed by atoms with Crippen molar-refractivity contribution >= 4 is 35.5 Å². The molecule has 3 N–H and O–H groups in total. The molecule has 0 radical (unpaired) electrons. The molecule has 2 rings (SSSR count). The minimum Gasteiger partial charge on any atom is -0.427 e. The van der Waals surface area contributed by atoms with Gasteiger partial charge in [0.15, 0.2) is 9.79 Å². The maximum Gasteiger partial charge on any atom is 0.535 e. The number of H-pyrrole nitrogens is 1. The number of aromatic nitrogens is 1. The van der Waals surface area contributed by atoms with Gasteiger partial charge in [-0.2, -0.15) is 0 Å². The van der Waals surface area contributed by atoms with E-state index in [0.717, 1.165) is 15.2 Å². The van der Waals surface area contributed by atoms with Crippen LogP contribution in [0.5, 0.6) is 0 Å². The minimum atomic E-state index is -0.900. The van der Waals surface area contributed by atoms with E-state index in [-0.39, 0.29) is 5.84 Å². The number of aromatic amines is 1. The molecule has 0 saturated carbocycles. The van der Waals surface area contributed by atoms with Crippen molar-refractivity contribution in [2.45, 2.75) is 26.4 Å². The smallest absolute Gasteiger partial charge is 0.427 e. The van der Waals surface area contributed by atoms with Crippen LogP contribution in [-0.2, 0) is 9.57 Å². The predicted molar refractivity (Wildman–Crippen MR) is 93.0 cm³/mol. The minimum absolute atomic E-state index is 0.0839. The van der Waals surface area contributed by atoms with Gasteiger partial charge in [-0.3, -0.25) is 4.84 Å². The average molecular weight is 351 g/mol. The van der Waals surface area contributed by atoms with Gasteiger partial charge in [0.05, 0.1) is 5.69 Å². The van der Waals surface area contributed by atoms with Gasteiger partial charge in [0, 0.05) is 10.9 Å². The Morgan fingerprint density at radius 3 is 2.48 bits per heavy atom. The summed E-state index contributed by atoms with van der Waals surface area (Å²) >= 11 is 6.53. The number of amidine groups is 1. The molecule has 2 aromatic rings. The lowest BCUT2D eigenvalue weighted by Gasteiger charge is -2.17. The second kappa shape index (κ2) is 6.93. The molecule has 122 valence electrons. The summed E-state index contributed by atoms with van der Waals surface area (Å²) in [6, 6.07) is 7.30. The second-order valence-electron chi connectivity index (χ2n) is 5.67. The van der Waals surface area contributed by atoms with Crippen LogP contribution in [0.15, 0.2) is 34.8 Å². The fourth-order valence-corrected chi connectivity index (χ4v) is 2.49. The Morgan fingerprint density at radius 1 is 1.30 bits per heavy atom. The van der Waals surface area contributed by atoms with Gasteiger partial charge >= 0.3 is 6.16 Å². The Balaban J connectivity index is 2.05. The summed E-state index contributed by atoms with van der Waals surface area (Å²) in [6.45, 7) is 5.20. The molecule has 1 aromatic heterocycles. The summed E-state index contributed by atoms with van der Waals surface area (Å²) in [6.07, 6.45) is -0.900. The molecule has 1 heterocycles. The van der Waals surface area contributed by atoms with E-state index in [1.807, 2.05) is 17.5 Å².